The highest BCUT2D eigenvalue weighted by atomic mass is 19.1. The largest absolute Gasteiger partial charge is 0.326 e. The van der Waals surface area contributed by atoms with Crippen LogP contribution in [0.25, 0.3) is 0 Å². The van der Waals surface area contributed by atoms with E-state index in [4.69, 9.17) is 0 Å². The molecule has 0 saturated carbocycles. The van der Waals surface area contributed by atoms with E-state index in [0.717, 1.165) is 6.07 Å². The quantitative estimate of drug-likeness (QED) is 0.733. The van der Waals surface area contributed by atoms with Crippen LogP contribution >= 0.6 is 0 Å². The molecule has 1 N–H and O–H groups in total. The average molecular weight is 195 g/mol. The number of hydrogen-bond donors (Lipinski definition) is 1. The van der Waals surface area contributed by atoms with Crippen molar-refractivity contribution < 1.29 is 14.0 Å². The first-order valence-electron chi connectivity index (χ1n) is 4.09. The zero-order valence-electron chi connectivity index (χ0n) is 7.93. The Morgan fingerprint density at radius 3 is 2.43 bits per heavy atom. The molecule has 0 aliphatic carbocycles. The number of amides is 1. The third-order valence-corrected chi connectivity index (χ3v) is 1.67. The van der Waals surface area contributed by atoms with Gasteiger partial charge in [-0.25, -0.2) is 4.39 Å². The second-order valence-corrected chi connectivity index (χ2v) is 2.93. The van der Waals surface area contributed by atoms with Crippen molar-refractivity contribution in [3.05, 3.63) is 29.6 Å². The Labute approximate surface area is 80.9 Å². The molecule has 0 heterocycles. The van der Waals surface area contributed by atoms with Crippen LogP contribution in [0.1, 0.15) is 24.2 Å². The molecule has 14 heavy (non-hydrogen) atoms. The molecule has 1 amide bonds. The Hall–Kier alpha value is -1.71. The number of benzene rings is 1. The number of hydrogen-bond acceptors (Lipinski definition) is 2. The molecule has 1 rings (SSSR count). The Bertz CT molecular complexity index is 388. The van der Waals surface area contributed by atoms with Gasteiger partial charge in [0.2, 0.25) is 5.91 Å². The first-order valence-corrected chi connectivity index (χ1v) is 4.09. The van der Waals surface area contributed by atoms with Crippen molar-refractivity contribution in [2.24, 2.45) is 0 Å². The number of ketones is 1. The van der Waals surface area contributed by atoms with Crippen LogP contribution < -0.4 is 5.32 Å². The summed E-state index contributed by atoms with van der Waals surface area (Å²) in [7, 11) is 0. The van der Waals surface area contributed by atoms with E-state index in [0.29, 0.717) is 5.69 Å². The van der Waals surface area contributed by atoms with Crippen LogP contribution in [0.15, 0.2) is 18.2 Å². The summed E-state index contributed by atoms with van der Waals surface area (Å²) >= 11 is 0. The lowest BCUT2D eigenvalue weighted by atomic mass is 10.1. The van der Waals surface area contributed by atoms with Crippen molar-refractivity contribution in [1.82, 2.24) is 0 Å². The third-order valence-electron chi connectivity index (χ3n) is 1.67. The van der Waals surface area contributed by atoms with Crippen LogP contribution in [0.5, 0.6) is 0 Å². The van der Waals surface area contributed by atoms with Crippen molar-refractivity contribution >= 4 is 17.4 Å². The highest BCUT2D eigenvalue weighted by molar-refractivity contribution is 5.96. The zero-order chi connectivity index (χ0) is 10.7. The average Bonchev–Trinajstić information content (AvgIpc) is 2.07. The van der Waals surface area contributed by atoms with E-state index in [1.54, 1.807) is 0 Å². The first kappa shape index (κ1) is 10.4. The molecule has 0 unspecified atom stereocenters. The first-order chi connectivity index (χ1) is 6.50. The highest BCUT2D eigenvalue weighted by Crippen LogP contribution is 2.15. The van der Waals surface area contributed by atoms with Gasteiger partial charge in [-0.3, -0.25) is 9.59 Å². The molecule has 0 radical (unpaired) electrons. The van der Waals surface area contributed by atoms with E-state index >= 15 is 0 Å². The van der Waals surface area contributed by atoms with Gasteiger partial charge < -0.3 is 5.32 Å². The molecule has 0 aliphatic rings. The molecule has 1 aromatic rings. The van der Waals surface area contributed by atoms with Crippen LogP contribution in [0.2, 0.25) is 0 Å². The minimum Gasteiger partial charge on any atom is -0.326 e. The van der Waals surface area contributed by atoms with Crippen LogP contribution in [0.4, 0.5) is 10.1 Å². The molecule has 0 atom stereocenters. The Kier molecular flexibility index (Phi) is 2.96. The smallest absolute Gasteiger partial charge is 0.221 e. The van der Waals surface area contributed by atoms with Crippen LogP contribution in [0.3, 0.4) is 0 Å². The topological polar surface area (TPSA) is 46.2 Å². The predicted octanol–water partition coefficient (Wildman–Crippen LogP) is 1.99. The number of rotatable bonds is 2. The standard InChI is InChI=1S/C10H10FNO2/c1-6(13)9-5-8(12-7(2)14)3-4-10(9)11/h3-5H,1-2H3,(H,12,14). The van der Waals surface area contributed by atoms with Gasteiger partial charge in [0.15, 0.2) is 5.78 Å². The van der Waals surface area contributed by atoms with E-state index < -0.39 is 5.82 Å². The summed E-state index contributed by atoms with van der Waals surface area (Å²) in [6.07, 6.45) is 0. The van der Waals surface area contributed by atoms with Gasteiger partial charge in [-0.2, -0.15) is 0 Å². The fourth-order valence-electron chi connectivity index (χ4n) is 1.08. The van der Waals surface area contributed by atoms with Gasteiger partial charge in [-0.05, 0) is 25.1 Å². The van der Waals surface area contributed by atoms with Gasteiger partial charge >= 0.3 is 0 Å². The minimum atomic E-state index is -0.577. The molecule has 74 valence electrons. The van der Waals surface area contributed by atoms with E-state index in [1.165, 1.54) is 26.0 Å². The monoisotopic (exact) mass is 195 g/mol. The van der Waals surface area contributed by atoms with Crippen LogP contribution in [0, 0.1) is 5.82 Å². The summed E-state index contributed by atoms with van der Waals surface area (Å²) in [5, 5.41) is 2.47. The summed E-state index contributed by atoms with van der Waals surface area (Å²) < 4.78 is 13.0. The van der Waals surface area contributed by atoms with Crippen molar-refractivity contribution in [2.75, 3.05) is 5.32 Å². The van der Waals surface area contributed by atoms with Gasteiger partial charge in [0.05, 0.1) is 5.56 Å². The number of carbonyl (C=O) groups excluding carboxylic acids is 2. The van der Waals surface area contributed by atoms with Gasteiger partial charge in [0.1, 0.15) is 5.82 Å². The fraction of sp³-hybridized carbons (Fsp3) is 0.200. The lowest BCUT2D eigenvalue weighted by molar-refractivity contribution is -0.114. The lowest BCUT2D eigenvalue weighted by Gasteiger charge is -2.04. The molecule has 0 aliphatic heterocycles. The van der Waals surface area contributed by atoms with E-state index in [2.05, 4.69) is 5.32 Å². The fourth-order valence-corrected chi connectivity index (χ4v) is 1.08. The molecule has 3 nitrogen and oxygen atoms in total. The van der Waals surface area contributed by atoms with Gasteiger partial charge in [0, 0.05) is 12.6 Å². The maximum atomic E-state index is 13.0. The molecule has 0 bridgehead atoms. The van der Waals surface area contributed by atoms with Crippen molar-refractivity contribution in [3.63, 3.8) is 0 Å². The van der Waals surface area contributed by atoms with E-state index in [1.807, 2.05) is 0 Å². The second kappa shape index (κ2) is 4.00. The molecule has 0 saturated heterocycles. The van der Waals surface area contributed by atoms with Gasteiger partial charge in [-0.1, -0.05) is 0 Å². The third kappa shape index (κ3) is 2.39. The highest BCUT2D eigenvalue weighted by Gasteiger charge is 2.08. The number of carbonyl (C=O) groups is 2. The van der Waals surface area contributed by atoms with Crippen LogP contribution in [-0.4, -0.2) is 11.7 Å². The zero-order valence-corrected chi connectivity index (χ0v) is 7.93. The van der Waals surface area contributed by atoms with Gasteiger partial charge in [-0.15, -0.1) is 0 Å². The minimum absolute atomic E-state index is 0.0174. The Morgan fingerprint density at radius 2 is 1.93 bits per heavy atom. The van der Waals surface area contributed by atoms with Crippen molar-refractivity contribution in [3.8, 4) is 0 Å². The number of Topliss-reactive ketones (excluding diaryl/α,β-unsaturated/α-hetero) is 1. The van der Waals surface area contributed by atoms with Crippen LogP contribution in [-0.2, 0) is 4.79 Å². The summed E-state index contributed by atoms with van der Waals surface area (Å²) in [5.41, 5.74) is 0.403. The SMILES string of the molecule is CC(=O)Nc1ccc(F)c(C(C)=O)c1. The summed E-state index contributed by atoms with van der Waals surface area (Å²) in [6, 6.07) is 3.88. The van der Waals surface area contributed by atoms with Gasteiger partial charge in [0.25, 0.3) is 0 Å². The molecule has 1 aromatic carbocycles. The molecular weight excluding hydrogens is 185 g/mol. The van der Waals surface area contributed by atoms with E-state index in [-0.39, 0.29) is 17.3 Å². The van der Waals surface area contributed by atoms with Crippen molar-refractivity contribution in [2.45, 2.75) is 13.8 Å². The summed E-state index contributed by atoms with van der Waals surface area (Å²) in [4.78, 5) is 21.6. The molecule has 0 spiro atoms. The molecule has 0 fully saturated rings. The number of halogens is 1. The van der Waals surface area contributed by atoms with Crippen molar-refractivity contribution in [1.29, 1.82) is 0 Å². The molecule has 0 aromatic heterocycles. The maximum absolute atomic E-state index is 13.0. The number of anilines is 1. The summed E-state index contributed by atoms with van der Waals surface area (Å²) in [6.45, 7) is 2.62. The normalized spacial score (nSPS) is 9.64. The lowest BCUT2D eigenvalue weighted by Crippen LogP contribution is -2.07. The number of nitrogens with one attached hydrogen (secondary N) is 1. The van der Waals surface area contributed by atoms with E-state index in [9.17, 15) is 14.0 Å². The predicted molar refractivity (Wildman–Crippen MR) is 50.7 cm³/mol. The summed E-state index contributed by atoms with van der Waals surface area (Å²) in [5.74, 6) is -1.20. The Morgan fingerprint density at radius 1 is 1.29 bits per heavy atom. The Balaban J connectivity index is 3.06. The second-order valence-electron chi connectivity index (χ2n) is 2.93. The maximum Gasteiger partial charge on any atom is 0.221 e. The molecular formula is C10H10FNO2. The molecule has 4 heteroatoms.